The van der Waals surface area contributed by atoms with Crippen LogP contribution in [0.25, 0.3) is 0 Å². The fourth-order valence-electron chi connectivity index (χ4n) is 1.64. The van der Waals surface area contributed by atoms with E-state index in [-0.39, 0.29) is 5.56 Å². The van der Waals surface area contributed by atoms with Gasteiger partial charge in [-0.1, -0.05) is 15.9 Å². The maximum Gasteiger partial charge on any atom is 0.161 e. The molecule has 0 amide bonds. The normalized spacial score (nSPS) is 12.5. The minimum Gasteiger partial charge on any atom is -0.383 e. The lowest BCUT2D eigenvalue weighted by Gasteiger charge is -2.14. The third-order valence-corrected chi connectivity index (χ3v) is 3.08. The highest BCUT2D eigenvalue weighted by Gasteiger charge is 2.21. The second kappa shape index (κ2) is 5.30. The largest absolute Gasteiger partial charge is 0.383 e. The molecule has 0 fully saturated rings. The minimum atomic E-state index is -1.73. The monoisotopic (exact) mass is 334 g/mol. The van der Waals surface area contributed by atoms with E-state index in [1.54, 1.807) is 0 Å². The van der Waals surface area contributed by atoms with Gasteiger partial charge in [-0.05, 0) is 24.3 Å². The van der Waals surface area contributed by atoms with Gasteiger partial charge in [-0.15, -0.1) is 0 Å². The van der Waals surface area contributed by atoms with E-state index in [4.69, 9.17) is 0 Å². The fourth-order valence-corrected chi connectivity index (χ4v) is 2.02. The number of benzene rings is 2. The van der Waals surface area contributed by atoms with E-state index in [2.05, 4.69) is 15.9 Å². The molecule has 2 rings (SSSR count). The molecule has 1 nitrogen and oxygen atoms in total. The molecule has 0 aliphatic rings. The van der Waals surface area contributed by atoms with Crippen LogP contribution in [0.1, 0.15) is 17.2 Å². The summed E-state index contributed by atoms with van der Waals surface area (Å²) < 4.78 is 53.4. The Morgan fingerprint density at radius 2 is 1.37 bits per heavy atom. The standard InChI is InChI=1S/C13H7BrF4O/c14-6-1-2-9(15)7(3-6)13(19)8-4-11(17)12(18)5-10(8)16/h1-5,13,19H. The maximum atomic E-state index is 13.5. The van der Waals surface area contributed by atoms with Crippen LogP contribution in [-0.2, 0) is 0 Å². The molecule has 2 aromatic carbocycles. The van der Waals surface area contributed by atoms with Gasteiger partial charge in [0.2, 0.25) is 0 Å². The first-order valence-corrected chi connectivity index (χ1v) is 5.97. The Balaban J connectivity index is 2.52. The van der Waals surface area contributed by atoms with Crippen molar-refractivity contribution in [3.63, 3.8) is 0 Å². The molecule has 0 aromatic heterocycles. The summed E-state index contributed by atoms with van der Waals surface area (Å²) in [6.07, 6.45) is -1.73. The van der Waals surface area contributed by atoms with Gasteiger partial charge in [0.25, 0.3) is 0 Å². The van der Waals surface area contributed by atoms with E-state index in [1.165, 1.54) is 12.1 Å². The molecule has 0 aliphatic carbocycles. The lowest BCUT2D eigenvalue weighted by molar-refractivity contribution is 0.208. The summed E-state index contributed by atoms with van der Waals surface area (Å²) in [5, 5.41) is 9.90. The second-order valence-corrected chi connectivity index (χ2v) is 4.77. The average molecular weight is 335 g/mol. The summed E-state index contributed by atoms with van der Waals surface area (Å²) in [6, 6.07) is 4.52. The van der Waals surface area contributed by atoms with Crippen molar-refractivity contribution in [2.45, 2.75) is 6.10 Å². The topological polar surface area (TPSA) is 20.2 Å². The summed E-state index contributed by atoms with van der Waals surface area (Å²) in [4.78, 5) is 0. The summed E-state index contributed by atoms with van der Waals surface area (Å²) in [5.74, 6) is -4.61. The van der Waals surface area contributed by atoms with Crippen LogP contribution >= 0.6 is 15.9 Å². The number of aliphatic hydroxyl groups is 1. The molecule has 1 unspecified atom stereocenters. The van der Waals surface area contributed by atoms with Crippen molar-refractivity contribution in [1.82, 2.24) is 0 Å². The Morgan fingerprint density at radius 3 is 2.05 bits per heavy atom. The molecule has 2 aromatic rings. The predicted octanol–water partition coefficient (Wildman–Crippen LogP) is 4.09. The third kappa shape index (κ3) is 2.79. The van der Waals surface area contributed by atoms with Crippen molar-refractivity contribution >= 4 is 15.9 Å². The van der Waals surface area contributed by atoms with Gasteiger partial charge in [0.05, 0.1) is 0 Å². The van der Waals surface area contributed by atoms with Crippen LogP contribution in [0.4, 0.5) is 17.6 Å². The molecular formula is C13H7BrF4O. The van der Waals surface area contributed by atoms with Gasteiger partial charge in [0.1, 0.15) is 17.7 Å². The summed E-state index contributed by atoms with van der Waals surface area (Å²) >= 11 is 3.08. The molecule has 0 saturated heterocycles. The summed E-state index contributed by atoms with van der Waals surface area (Å²) in [5.41, 5.74) is -0.768. The van der Waals surface area contributed by atoms with Gasteiger partial charge in [0, 0.05) is 21.7 Å². The van der Waals surface area contributed by atoms with Crippen LogP contribution in [0.2, 0.25) is 0 Å². The van der Waals surface area contributed by atoms with Crippen molar-refractivity contribution < 1.29 is 22.7 Å². The van der Waals surface area contributed by atoms with Crippen LogP contribution in [0.5, 0.6) is 0 Å². The zero-order valence-electron chi connectivity index (χ0n) is 9.30. The first-order valence-electron chi connectivity index (χ1n) is 5.17. The molecule has 0 saturated carbocycles. The Bertz CT molecular complexity index is 630. The van der Waals surface area contributed by atoms with Crippen molar-refractivity contribution in [1.29, 1.82) is 0 Å². The van der Waals surface area contributed by atoms with Crippen LogP contribution in [0, 0.1) is 23.3 Å². The minimum absolute atomic E-state index is 0.237. The Hall–Kier alpha value is -1.40. The smallest absolute Gasteiger partial charge is 0.161 e. The van der Waals surface area contributed by atoms with E-state index >= 15 is 0 Å². The van der Waals surface area contributed by atoms with Gasteiger partial charge < -0.3 is 5.11 Å². The highest BCUT2D eigenvalue weighted by Crippen LogP contribution is 2.29. The summed E-state index contributed by atoms with van der Waals surface area (Å²) in [7, 11) is 0. The lowest BCUT2D eigenvalue weighted by Crippen LogP contribution is -2.06. The Kier molecular flexibility index (Phi) is 3.91. The molecule has 0 aliphatic heterocycles. The van der Waals surface area contributed by atoms with Crippen LogP contribution in [-0.4, -0.2) is 5.11 Å². The zero-order valence-corrected chi connectivity index (χ0v) is 10.9. The van der Waals surface area contributed by atoms with Crippen LogP contribution < -0.4 is 0 Å². The second-order valence-electron chi connectivity index (χ2n) is 3.86. The zero-order chi connectivity index (χ0) is 14.2. The number of hydrogen-bond acceptors (Lipinski definition) is 1. The molecule has 1 atom stereocenters. The number of rotatable bonds is 2. The van der Waals surface area contributed by atoms with Crippen molar-refractivity contribution in [3.8, 4) is 0 Å². The third-order valence-electron chi connectivity index (χ3n) is 2.59. The number of halogens is 5. The van der Waals surface area contributed by atoms with Crippen LogP contribution in [0.3, 0.4) is 0 Å². The fraction of sp³-hybridized carbons (Fsp3) is 0.0769. The van der Waals surface area contributed by atoms with E-state index < -0.39 is 34.9 Å². The number of hydrogen-bond donors (Lipinski definition) is 1. The van der Waals surface area contributed by atoms with Gasteiger partial charge >= 0.3 is 0 Å². The molecular weight excluding hydrogens is 328 g/mol. The van der Waals surface area contributed by atoms with E-state index in [9.17, 15) is 22.7 Å². The van der Waals surface area contributed by atoms with Gasteiger partial charge in [-0.2, -0.15) is 0 Å². The average Bonchev–Trinajstić information content (AvgIpc) is 2.36. The highest BCUT2D eigenvalue weighted by molar-refractivity contribution is 9.10. The SMILES string of the molecule is OC(c1cc(Br)ccc1F)c1cc(F)c(F)cc1F. The Morgan fingerprint density at radius 1 is 0.789 bits per heavy atom. The first-order chi connectivity index (χ1) is 8.90. The maximum absolute atomic E-state index is 13.5. The van der Waals surface area contributed by atoms with E-state index in [0.29, 0.717) is 16.6 Å². The quantitative estimate of drug-likeness (QED) is 0.648. The Labute approximate surface area is 114 Å². The molecule has 0 heterocycles. The molecule has 19 heavy (non-hydrogen) atoms. The van der Waals surface area contributed by atoms with Crippen molar-refractivity contribution in [3.05, 3.63) is 69.2 Å². The molecule has 100 valence electrons. The number of aliphatic hydroxyl groups excluding tert-OH is 1. The molecule has 1 N–H and O–H groups in total. The molecule has 0 bridgehead atoms. The summed E-state index contributed by atoms with van der Waals surface area (Å²) in [6.45, 7) is 0. The van der Waals surface area contributed by atoms with Crippen molar-refractivity contribution in [2.75, 3.05) is 0 Å². The molecule has 0 radical (unpaired) electrons. The van der Waals surface area contributed by atoms with Gasteiger partial charge in [-0.25, -0.2) is 17.6 Å². The molecule has 6 heteroatoms. The van der Waals surface area contributed by atoms with E-state index in [1.807, 2.05) is 0 Å². The predicted molar refractivity (Wildman–Crippen MR) is 64.5 cm³/mol. The molecule has 0 spiro atoms. The highest BCUT2D eigenvalue weighted by atomic mass is 79.9. The van der Waals surface area contributed by atoms with E-state index in [0.717, 1.165) is 6.07 Å². The van der Waals surface area contributed by atoms with Gasteiger partial charge in [0.15, 0.2) is 11.6 Å². The van der Waals surface area contributed by atoms with Gasteiger partial charge in [-0.3, -0.25) is 0 Å². The van der Waals surface area contributed by atoms with Crippen LogP contribution in [0.15, 0.2) is 34.8 Å². The van der Waals surface area contributed by atoms with Crippen molar-refractivity contribution in [2.24, 2.45) is 0 Å². The lowest BCUT2D eigenvalue weighted by atomic mass is 10.0. The first kappa shape index (κ1) is 14.0.